The molecule has 2 aromatic rings. The van der Waals surface area contributed by atoms with Gasteiger partial charge in [0.05, 0.1) is 0 Å². The van der Waals surface area contributed by atoms with Gasteiger partial charge in [0.2, 0.25) is 0 Å². The van der Waals surface area contributed by atoms with E-state index < -0.39 is 5.67 Å². The standard InChI is InChI=1S/C18H20FNO.ClH/c19-18(10-12-20-13-11-18)16-6-8-17(9-7-16)21-14-15-4-2-1-3-5-15;/h1-9,20H,10-14H2;1H. The minimum absolute atomic E-state index is 0. The van der Waals surface area contributed by atoms with E-state index in [0.29, 0.717) is 19.4 Å². The minimum Gasteiger partial charge on any atom is -0.489 e. The van der Waals surface area contributed by atoms with Crippen LogP contribution in [0.2, 0.25) is 0 Å². The predicted octanol–water partition coefficient (Wildman–Crippen LogP) is 4.24. The summed E-state index contributed by atoms with van der Waals surface area (Å²) in [4.78, 5) is 0. The van der Waals surface area contributed by atoms with Gasteiger partial charge in [0.1, 0.15) is 18.0 Å². The molecule has 0 unspecified atom stereocenters. The van der Waals surface area contributed by atoms with Crippen LogP contribution in [0.5, 0.6) is 5.75 Å². The zero-order chi connectivity index (χ0) is 14.5. The van der Waals surface area contributed by atoms with Gasteiger partial charge in [0, 0.05) is 0 Å². The zero-order valence-corrected chi connectivity index (χ0v) is 13.2. The first-order valence-electron chi connectivity index (χ1n) is 7.43. The highest BCUT2D eigenvalue weighted by atomic mass is 35.5. The summed E-state index contributed by atoms with van der Waals surface area (Å²) in [6.07, 6.45) is 1.08. The van der Waals surface area contributed by atoms with Crippen molar-refractivity contribution in [3.8, 4) is 5.75 Å². The van der Waals surface area contributed by atoms with Crippen molar-refractivity contribution in [1.82, 2.24) is 5.32 Å². The van der Waals surface area contributed by atoms with Gasteiger partial charge < -0.3 is 10.1 Å². The molecular formula is C18H21ClFNO. The second-order valence-electron chi connectivity index (χ2n) is 5.51. The number of rotatable bonds is 4. The number of nitrogens with one attached hydrogen (secondary N) is 1. The maximum Gasteiger partial charge on any atom is 0.138 e. The van der Waals surface area contributed by atoms with E-state index in [-0.39, 0.29) is 12.4 Å². The van der Waals surface area contributed by atoms with Crippen LogP contribution in [0.4, 0.5) is 4.39 Å². The van der Waals surface area contributed by atoms with Gasteiger partial charge >= 0.3 is 0 Å². The molecule has 0 amide bonds. The average Bonchev–Trinajstić information content (AvgIpc) is 2.55. The zero-order valence-electron chi connectivity index (χ0n) is 12.4. The topological polar surface area (TPSA) is 21.3 Å². The highest BCUT2D eigenvalue weighted by Crippen LogP contribution is 2.35. The van der Waals surface area contributed by atoms with Crippen molar-refractivity contribution in [2.45, 2.75) is 25.1 Å². The van der Waals surface area contributed by atoms with Crippen LogP contribution in [0.25, 0.3) is 0 Å². The van der Waals surface area contributed by atoms with E-state index in [1.165, 1.54) is 0 Å². The van der Waals surface area contributed by atoms with Gasteiger partial charge in [-0.15, -0.1) is 12.4 Å². The fourth-order valence-electron chi connectivity index (χ4n) is 2.70. The molecule has 1 fully saturated rings. The van der Waals surface area contributed by atoms with Crippen molar-refractivity contribution in [2.24, 2.45) is 0 Å². The Kier molecular flexibility index (Phi) is 5.81. The highest BCUT2D eigenvalue weighted by Gasteiger charge is 2.33. The molecule has 118 valence electrons. The number of ether oxygens (including phenoxy) is 1. The van der Waals surface area contributed by atoms with Gasteiger partial charge in [-0.25, -0.2) is 4.39 Å². The summed E-state index contributed by atoms with van der Waals surface area (Å²) in [6, 6.07) is 17.5. The molecule has 0 spiro atoms. The lowest BCUT2D eigenvalue weighted by atomic mass is 9.87. The number of alkyl halides is 1. The van der Waals surface area contributed by atoms with Crippen LogP contribution >= 0.6 is 12.4 Å². The number of piperidine rings is 1. The van der Waals surface area contributed by atoms with Crippen molar-refractivity contribution in [1.29, 1.82) is 0 Å². The summed E-state index contributed by atoms with van der Waals surface area (Å²) in [7, 11) is 0. The Labute approximate surface area is 137 Å². The molecule has 0 saturated carbocycles. The average molecular weight is 322 g/mol. The van der Waals surface area contributed by atoms with Crippen LogP contribution in [0.3, 0.4) is 0 Å². The molecule has 0 radical (unpaired) electrons. The Morgan fingerprint density at radius 2 is 1.59 bits per heavy atom. The van der Waals surface area contributed by atoms with Crippen molar-refractivity contribution >= 4 is 12.4 Å². The van der Waals surface area contributed by atoms with Gasteiger partial charge in [0.15, 0.2) is 0 Å². The van der Waals surface area contributed by atoms with Crippen molar-refractivity contribution in [3.05, 3.63) is 65.7 Å². The van der Waals surface area contributed by atoms with E-state index in [1.54, 1.807) is 0 Å². The fraction of sp³-hybridized carbons (Fsp3) is 0.333. The maximum atomic E-state index is 14.8. The lowest BCUT2D eigenvalue weighted by Gasteiger charge is -2.30. The van der Waals surface area contributed by atoms with Crippen molar-refractivity contribution < 1.29 is 9.13 Å². The van der Waals surface area contributed by atoms with E-state index >= 15 is 0 Å². The minimum atomic E-state index is -1.19. The highest BCUT2D eigenvalue weighted by molar-refractivity contribution is 5.85. The molecule has 0 bridgehead atoms. The van der Waals surface area contributed by atoms with Crippen LogP contribution in [0.15, 0.2) is 54.6 Å². The Morgan fingerprint density at radius 3 is 2.23 bits per heavy atom. The normalized spacial score (nSPS) is 16.6. The van der Waals surface area contributed by atoms with Gasteiger partial charge in [-0.2, -0.15) is 0 Å². The third-order valence-corrected chi connectivity index (χ3v) is 4.02. The Hall–Kier alpha value is -1.58. The lowest BCUT2D eigenvalue weighted by molar-refractivity contribution is 0.115. The quantitative estimate of drug-likeness (QED) is 0.909. The van der Waals surface area contributed by atoms with E-state index in [2.05, 4.69) is 5.32 Å². The molecule has 3 rings (SSSR count). The predicted molar refractivity (Wildman–Crippen MR) is 89.4 cm³/mol. The van der Waals surface area contributed by atoms with Gasteiger partial charge in [-0.3, -0.25) is 0 Å². The smallest absolute Gasteiger partial charge is 0.138 e. The van der Waals surface area contributed by atoms with Crippen LogP contribution in [-0.4, -0.2) is 13.1 Å². The molecule has 0 aromatic heterocycles. The van der Waals surface area contributed by atoms with Gasteiger partial charge in [-0.05, 0) is 49.2 Å². The molecule has 22 heavy (non-hydrogen) atoms. The molecule has 4 heteroatoms. The van der Waals surface area contributed by atoms with Crippen LogP contribution in [0, 0.1) is 0 Å². The monoisotopic (exact) mass is 321 g/mol. The second-order valence-corrected chi connectivity index (χ2v) is 5.51. The first-order chi connectivity index (χ1) is 10.3. The third kappa shape index (κ3) is 3.99. The third-order valence-electron chi connectivity index (χ3n) is 4.02. The molecule has 1 heterocycles. The summed E-state index contributed by atoms with van der Waals surface area (Å²) >= 11 is 0. The molecule has 0 aliphatic carbocycles. The number of halogens is 2. The number of benzene rings is 2. The molecular weight excluding hydrogens is 301 g/mol. The second kappa shape index (κ2) is 7.61. The molecule has 0 atom stereocenters. The van der Waals surface area contributed by atoms with E-state index in [9.17, 15) is 4.39 Å². The lowest BCUT2D eigenvalue weighted by Crippen LogP contribution is -2.36. The van der Waals surface area contributed by atoms with E-state index in [0.717, 1.165) is 30.0 Å². The molecule has 1 saturated heterocycles. The van der Waals surface area contributed by atoms with Crippen molar-refractivity contribution in [2.75, 3.05) is 13.1 Å². The number of hydrogen-bond acceptors (Lipinski definition) is 2. The summed E-state index contributed by atoms with van der Waals surface area (Å²) < 4.78 is 20.5. The first-order valence-corrected chi connectivity index (χ1v) is 7.43. The SMILES string of the molecule is Cl.FC1(c2ccc(OCc3ccccc3)cc2)CCNCC1. The first kappa shape index (κ1) is 16.8. The van der Waals surface area contributed by atoms with E-state index in [4.69, 9.17) is 4.74 Å². The van der Waals surface area contributed by atoms with Crippen LogP contribution < -0.4 is 10.1 Å². The van der Waals surface area contributed by atoms with Crippen LogP contribution in [-0.2, 0) is 12.3 Å². The van der Waals surface area contributed by atoms with Crippen molar-refractivity contribution in [3.63, 3.8) is 0 Å². The molecule has 1 aliphatic heterocycles. The molecule has 2 aromatic carbocycles. The molecule has 1 aliphatic rings. The number of hydrogen-bond donors (Lipinski definition) is 1. The molecule has 1 N–H and O–H groups in total. The van der Waals surface area contributed by atoms with Crippen LogP contribution in [0.1, 0.15) is 24.0 Å². The largest absolute Gasteiger partial charge is 0.489 e. The van der Waals surface area contributed by atoms with E-state index in [1.807, 2.05) is 54.6 Å². The maximum absolute atomic E-state index is 14.8. The summed E-state index contributed by atoms with van der Waals surface area (Å²) in [5.74, 6) is 0.778. The summed E-state index contributed by atoms with van der Waals surface area (Å²) in [6.45, 7) is 2.01. The molecule has 2 nitrogen and oxygen atoms in total. The summed E-state index contributed by atoms with van der Waals surface area (Å²) in [5, 5.41) is 3.19. The Bertz CT molecular complexity index is 567. The summed E-state index contributed by atoms with van der Waals surface area (Å²) in [5.41, 5.74) is 0.696. The fourth-order valence-corrected chi connectivity index (χ4v) is 2.70. The van der Waals surface area contributed by atoms with Gasteiger partial charge in [-0.1, -0.05) is 42.5 Å². The van der Waals surface area contributed by atoms with Gasteiger partial charge in [0.25, 0.3) is 0 Å². The Balaban J connectivity index is 0.00000176. The Morgan fingerprint density at radius 1 is 0.955 bits per heavy atom.